The smallest absolute Gasteiger partial charge is 0.203 e. The van der Waals surface area contributed by atoms with Crippen LogP contribution in [0.3, 0.4) is 0 Å². The zero-order valence-electron chi connectivity index (χ0n) is 17.0. The third-order valence-corrected chi connectivity index (χ3v) is 4.72. The summed E-state index contributed by atoms with van der Waals surface area (Å²) in [6.45, 7) is 0. The van der Waals surface area contributed by atoms with Crippen molar-refractivity contribution in [3.63, 3.8) is 0 Å². The lowest BCUT2D eigenvalue weighted by Crippen LogP contribution is -2.05. The summed E-state index contributed by atoms with van der Waals surface area (Å²) in [5.74, 6) is 2.36. The summed E-state index contributed by atoms with van der Waals surface area (Å²) in [7, 11) is 6.37. The lowest BCUT2D eigenvalue weighted by atomic mass is 9.89. The van der Waals surface area contributed by atoms with E-state index in [1.54, 1.807) is 27.4 Å². The van der Waals surface area contributed by atoms with Crippen LogP contribution in [-0.4, -0.2) is 44.9 Å². The molecular weight excluding hydrogens is 360 g/mol. The standard InChI is InChI=1S/C22H30O6/c1-25-16(13-20(23)24)11-8-10-15-9-6-5-7-12-17-18(15)14-19(26-2)22(28-4)21(17)27-3/h8-9,11,13-14,20,23-24H,5-7,10,12H2,1-4H3/b11-8-,15-9-,16-13+. The minimum absolute atomic E-state index is 0.395. The number of aliphatic hydroxyl groups is 2. The molecule has 1 aromatic rings. The number of benzene rings is 1. The molecule has 0 bridgehead atoms. The highest BCUT2D eigenvalue weighted by Crippen LogP contribution is 2.45. The summed E-state index contributed by atoms with van der Waals surface area (Å²) in [5, 5.41) is 18.2. The SMILES string of the molecule is COC(/C=C\C/C1=C/CCCCc2c1cc(OC)c(OC)c2OC)=C/C(O)O. The lowest BCUT2D eigenvalue weighted by molar-refractivity contribution is -0.000216. The van der Waals surface area contributed by atoms with Crippen molar-refractivity contribution in [3.05, 3.63) is 47.3 Å². The van der Waals surface area contributed by atoms with Crippen LogP contribution in [0.2, 0.25) is 0 Å². The van der Waals surface area contributed by atoms with Gasteiger partial charge in [0.2, 0.25) is 5.75 Å². The topological polar surface area (TPSA) is 77.4 Å². The van der Waals surface area contributed by atoms with E-state index in [-0.39, 0.29) is 0 Å². The molecule has 0 spiro atoms. The van der Waals surface area contributed by atoms with Crippen LogP contribution >= 0.6 is 0 Å². The van der Waals surface area contributed by atoms with Crippen LogP contribution in [0.25, 0.3) is 5.57 Å². The van der Waals surface area contributed by atoms with Crippen molar-refractivity contribution in [2.45, 2.75) is 38.4 Å². The molecule has 1 aliphatic rings. The molecule has 0 atom stereocenters. The Labute approximate surface area is 166 Å². The molecule has 0 aliphatic heterocycles. The first-order chi connectivity index (χ1) is 13.5. The Bertz CT molecular complexity index is 746. The Morgan fingerprint density at radius 2 is 1.82 bits per heavy atom. The number of hydrogen-bond donors (Lipinski definition) is 2. The van der Waals surface area contributed by atoms with Crippen LogP contribution in [0.15, 0.2) is 36.1 Å². The number of hydrogen-bond acceptors (Lipinski definition) is 6. The van der Waals surface area contributed by atoms with Gasteiger partial charge in [-0.2, -0.15) is 0 Å². The van der Waals surface area contributed by atoms with E-state index in [0.29, 0.717) is 23.7 Å². The van der Waals surface area contributed by atoms with Crippen molar-refractivity contribution in [1.29, 1.82) is 0 Å². The Hall–Kier alpha value is -2.44. The van der Waals surface area contributed by atoms with Gasteiger partial charge in [-0.05, 0) is 55.4 Å². The molecule has 0 saturated heterocycles. The number of allylic oxidation sites excluding steroid dienone is 4. The fraction of sp³-hybridized carbons (Fsp3) is 0.455. The monoisotopic (exact) mass is 390 g/mol. The average molecular weight is 390 g/mol. The Kier molecular flexibility index (Phi) is 8.42. The minimum atomic E-state index is -1.55. The van der Waals surface area contributed by atoms with E-state index in [2.05, 4.69) is 6.08 Å². The summed E-state index contributed by atoms with van der Waals surface area (Å²) < 4.78 is 21.9. The van der Waals surface area contributed by atoms with Gasteiger partial charge in [-0.1, -0.05) is 12.2 Å². The zero-order valence-corrected chi connectivity index (χ0v) is 17.0. The highest BCUT2D eigenvalue weighted by atomic mass is 16.5. The first-order valence-electron chi connectivity index (χ1n) is 9.35. The number of ether oxygens (including phenoxy) is 4. The van der Waals surface area contributed by atoms with Crippen LogP contribution in [0.4, 0.5) is 0 Å². The van der Waals surface area contributed by atoms with Crippen LogP contribution < -0.4 is 14.2 Å². The maximum absolute atomic E-state index is 9.08. The summed E-state index contributed by atoms with van der Waals surface area (Å²) in [5.41, 5.74) is 3.36. The molecule has 0 radical (unpaired) electrons. The molecule has 1 aromatic carbocycles. The summed E-state index contributed by atoms with van der Waals surface area (Å²) in [6, 6.07) is 2.01. The first-order valence-corrected chi connectivity index (χ1v) is 9.35. The second-order valence-corrected chi connectivity index (χ2v) is 6.44. The highest BCUT2D eigenvalue weighted by Gasteiger charge is 2.22. The molecule has 0 amide bonds. The average Bonchev–Trinajstić information content (AvgIpc) is 2.68. The van der Waals surface area contributed by atoms with Gasteiger partial charge in [0.25, 0.3) is 0 Å². The molecule has 154 valence electrons. The molecule has 2 rings (SSSR count). The second-order valence-electron chi connectivity index (χ2n) is 6.44. The van der Waals surface area contributed by atoms with Crippen LogP contribution in [0.1, 0.15) is 36.8 Å². The van der Waals surface area contributed by atoms with Crippen molar-refractivity contribution in [3.8, 4) is 17.2 Å². The molecule has 0 heterocycles. The zero-order chi connectivity index (χ0) is 20.5. The Morgan fingerprint density at radius 3 is 2.43 bits per heavy atom. The van der Waals surface area contributed by atoms with Crippen molar-refractivity contribution >= 4 is 5.57 Å². The molecule has 28 heavy (non-hydrogen) atoms. The lowest BCUT2D eigenvalue weighted by Gasteiger charge is -2.22. The molecular formula is C22H30O6. The molecule has 6 heteroatoms. The minimum Gasteiger partial charge on any atom is -0.497 e. The van der Waals surface area contributed by atoms with Gasteiger partial charge < -0.3 is 29.2 Å². The van der Waals surface area contributed by atoms with Crippen LogP contribution in [0.5, 0.6) is 17.2 Å². The molecule has 0 unspecified atom stereocenters. The van der Waals surface area contributed by atoms with Crippen molar-refractivity contribution in [1.82, 2.24) is 0 Å². The number of aliphatic hydroxyl groups excluding tert-OH is 1. The van der Waals surface area contributed by atoms with Crippen molar-refractivity contribution in [2.24, 2.45) is 0 Å². The Morgan fingerprint density at radius 1 is 1.07 bits per heavy atom. The second kappa shape index (κ2) is 10.8. The van der Waals surface area contributed by atoms with Crippen molar-refractivity contribution < 1.29 is 29.2 Å². The fourth-order valence-corrected chi connectivity index (χ4v) is 3.42. The van der Waals surface area contributed by atoms with Gasteiger partial charge in [-0.3, -0.25) is 0 Å². The van der Waals surface area contributed by atoms with Crippen molar-refractivity contribution in [2.75, 3.05) is 28.4 Å². The summed E-state index contributed by atoms with van der Waals surface area (Å²) >= 11 is 0. The van der Waals surface area contributed by atoms with Gasteiger partial charge in [-0.25, -0.2) is 0 Å². The normalized spacial score (nSPS) is 16.8. The van der Waals surface area contributed by atoms with Crippen LogP contribution in [-0.2, 0) is 11.2 Å². The van der Waals surface area contributed by atoms with E-state index in [9.17, 15) is 0 Å². The Balaban J connectivity index is 2.45. The number of methoxy groups -OCH3 is 4. The summed E-state index contributed by atoms with van der Waals surface area (Å²) in [6.07, 6.45) is 10.3. The van der Waals surface area contributed by atoms with Gasteiger partial charge in [-0.15, -0.1) is 0 Å². The number of rotatable bonds is 8. The van der Waals surface area contributed by atoms with E-state index in [1.807, 2.05) is 12.1 Å². The van der Waals surface area contributed by atoms with E-state index in [4.69, 9.17) is 29.2 Å². The molecule has 1 aliphatic carbocycles. The van der Waals surface area contributed by atoms with E-state index in [0.717, 1.165) is 48.1 Å². The van der Waals surface area contributed by atoms with Gasteiger partial charge in [0.15, 0.2) is 17.8 Å². The third-order valence-electron chi connectivity index (χ3n) is 4.72. The largest absolute Gasteiger partial charge is 0.497 e. The summed E-state index contributed by atoms with van der Waals surface area (Å²) in [4.78, 5) is 0. The molecule has 6 nitrogen and oxygen atoms in total. The predicted molar refractivity (Wildman–Crippen MR) is 109 cm³/mol. The van der Waals surface area contributed by atoms with E-state index in [1.165, 1.54) is 13.2 Å². The maximum atomic E-state index is 9.08. The number of fused-ring (bicyclic) bond motifs is 1. The van der Waals surface area contributed by atoms with Crippen LogP contribution in [0, 0.1) is 0 Å². The van der Waals surface area contributed by atoms with Gasteiger partial charge in [0.05, 0.1) is 28.4 Å². The molecule has 0 saturated carbocycles. The van der Waals surface area contributed by atoms with Gasteiger partial charge in [0, 0.05) is 11.6 Å². The molecule has 2 N–H and O–H groups in total. The third kappa shape index (κ3) is 5.30. The van der Waals surface area contributed by atoms with Gasteiger partial charge in [0.1, 0.15) is 5.76 Å². The molecule has 0 fully saturated rings. The fourth-order valence-electron chi connectivity index (χ4n) is 3.42. The maximum Gasteiger partial charge on any atom is 0.203 e. The quantitative estimate of drug-likeness (QED) is 0.401. The highest BCUT2D eigenvalue weighted by molar-refractivity contribution is 5.76. The van der Waals surface area contributed by atoms with E-state index < -0.39 is 6.29 Å². The molecule has 0 aromatic heterocycles. The van der Waals surface area contributed by atoms with Gasteiger partial charge >= 0.3 is 0 Å². The predicted octanol–water partition coefficient (Wildman–Crippen LogP) is 3.61. The first kappa shape index (κ1) is 21.9. The van der Waals surface area contributed by atoms with E-state index >= 15 is 0 Å².